The van der Waals surface area contributed by atoms with Crippen LogP contribution in [0.2, 0.25) is 0 Å². The van der Waals surface area contributed by atoms with Crippen LogP contribution in [0.15, 0.2) is 54.7 Å². The topological polar surface area (TPSA) is 95.7 Å². The van der Waals surface area contributed by atoms with Gasteiger partial charge in [-0.2, -0.15) is 5.26 Å². The van der Waals surface area contributed by atoms with Crippen LogP contribution in [0, 0.1) is 31.0 Å². The minimum Gasteiger partial charge on any atom is -0.394 e. The molecule has 2 N–H and O–H groups in total. The van der Waals surface area contributed by atoms with E-state index in [0.29, 0.717) is 36.6 Å². The van der Waals surface area contributed by atoms with E-state index in [9.17, 15) is 19.6 Å². The largest absolute Gasteiger partial charge is 0.394 e. The molecule has 8 nitrogen and oxygen atoms in total. The maximum atomic E-state index is 13.7. The van der Waals surface area contributed by atoms with Crippen molar-refractivity contribution in [2.75, 3.05) is 54.4 Å². The minimum atomic E-state index is -0.410. The van der Waals surface area contributed by atoms with Crippen molar-refractivity contribution in [2.24, 2.45) is 0 Å². The lowest BCUT2D eigenvalue weighted by molar-refractivity contribution is 0.0698. The van der Waals surface area contributed by atoms with Gasteiger partial charge in [-0.25, -0.2) is 9.37 Å². The number of rotatable bonds is 6. The molecule has 0 spiro atoms. The van der Waals surface area contributed by atoms with E-state index in [1.165, 1.54) is 12.3 Å². The number of nitrogens with one attached hydrogen (secondary N) is 1. The highest BCUT2D eigenvalue weighted by atomic mass is 19.1. The van der Waals surface area contributed by atoms with Crippen molar-refractivity contribution in [3.05, 3.63) is 82.8 Å². The van der Waals surface area contributed by atoms with Gasteiger partial charge in [0.25, 0.3) is 5.91 Å². The number of hydrogen-bond donors (Lipinski definition) is 2. The Morgan fingerprint density at radius 2 is 1.88 bits per heavy atom. The molecular weight excluding hydrogens is 507 g/mol. The molecule has 2 aliphatic rings. The Labute approximate surface area is 234 Å². The Morgan fingerprint density at radius 3 is 2.58 bits per heavy atom. The first kappa shape index (κ1) is 27.4. The van der Waals surface area contributed by atoms with Crippen molar-refractivity contribution >= 4 is 23.1 Å². The van der Waals surface area contributed by atoms with Crippen LogP contribution >= 0.6 is 0 Å². The smallest absolute Gasteiger partial charge is 0.254 e. The summed E-state index contributed by atoms with van der Waals surface area (Å²) in [5.41, 5.74) is 5.30. The molecular formula is C31H35FN6O2. The number of halogens is 1. The number of aryl methyl sites for hydroxylation is 2. The average molecular weight is 543 g/mol. The summed E-state index contributed by atoms with van der Waals surface area (Å²) < 4.78 is 13.3. The van der Waals surface area contributed by atoms with E-state index in [4.69, 9.17) is 0 Å². The quantitative estimate of drug-likeness (QED) is 0.484. The van der Waals surface area contributed by atoms with Crippen LogP contribution < -0.4 is 15.1 Å². The lowest BCUT2D eigenvalue weighted by Gasteiger charge is -2.41. The summed E-state index contributed by atoms with van der Waals surface area (Å²) in [5, 5.41) is 23.2. The Bertz CT molecular complexity index is 1400. The number of anilines is 3. The van der Waals surface area contributed by atoms with E-state index in [1.54, 1.807) is 11.0 Å². The van der Waals surface area contributed by atoms with Gasteiger partial charge in [0.05, 0.1) is 30.1 Å². The van der Waals surface area contributed by atoms with E-state index >= 15 is 0 Å². The first-order valence-corrected chi connectivity index (χ1v) is 13.8. The zero-order valence-corrected chi connectivity index (χ0v) is 23.0. The zero-order chi connectivity index (χ0) is 28.2. The van der Waals surface area contributed by atoms with E-state index in [-0.39, 0.29) is 24.6 Å². The molecule has 5 rings (SSSR count). The first-order valence-electron chi connectivity index (χ1n) is 13.8. The van der Waals surface area contributed by atoms with Gasteiger partial charge in [0.2, 0.25) is 0 Å². The molecule has 1 atom stereocenters. The predicted molar refractivity (Wildman–Crippen MR) is 154 cm³/mol. The molecule has 0 bridgehead atoms. The number of aliphatic hydroxyl groups excluding tert-OH is 1. The van der Waals surface area contributed by atoms with E-state index in [1.807, 2.05) is 42.2 Å². The molecule has 0 saturated carbocycles. The lowest BCUT2D eigenvalue weighted by Crippen LogP contribution is -2.56. The van der Waals surface area contributed by atoms with Gasteiger partial charge in [0, 0.05) is 50.0 Å². The number of aromatic nitrogens is 1. The molecule has 1 aromatic heterocycles. The Hall–Kier alpha value is -4.16. The minimum absolute atomic E-state index is 0.0614. The van der Waals surface area contributed by atoms with Gasteiger partial charge < -0.3 is 25.1 Å². The molecule has 2 aromatic carbocycles. The summed E-state index contributed by atoms with van der Waals surface area (Å²) in [7, 11) is 0. The summed E-state index contributed by atoms with van der Waals surface area (Å²) in [6.45, 7) is 6.90. The Kier molecular flexibility index (Phi) is 8.17. The van der Waals surface area contributed by atoms with Crippen LogP contribution in [0.4, 0.5) is 21.6 Å². The number of carbonyl (C=O) groups is 1. The van der Waals surface area contributed by atoms with Crippen LogP contribution in [-0.4, -0.2) is 72.3 Å². The number of pyridine rings is 1. The van der Waals surface area contributed by atoms with E-state index < -0.39 is 5.82 Å². The van der Waals surface area contributed by atoms with Gasteiger partial charge in [-0.3, -0.25) is 4.79 Å². The number of nitrogens with zero attached hydrogens (tertiary/aromatic N) is 5. The molecule has 1 amide bonds. The van der Waals surface area contributed by atoms with Crippen LogP contribution in [0.25, 0.3) is 0 Å². The number of piperazine rings is 1. The highest BCUT2D eigenvalue weighted by molar-refractivity contribution is 5.97. The van der Waals surface area contributed by atoms with Crippen molar-refractivity contribution in [3.8, 4) is 6.07 Å². The zero-order valence-electron chi connectivity index (χ0n) is 23.0. The van der Waals surface area contributed by atoms with Gasteiger partial charge in [0.15, 0.2) is 0 Å². The van der Waals surface area contributed by atoms with Crippen molar-refractivity contribution < 1.29 is 14.3 Å². The van der Waals surface area contributed by atoms with Crippen LogP contribution in [0.5, 0.6) is 0 Å². The van der Waals surface area contributed by atoms with Crippen LogP contribution in [0.1, 0.15) is 39.9 Å². The molecule has 3 aromatic rings. The van der Waals surface area contributed by atoms with Crippen LogP contribution in [0.3, 0.4) is 0 Å². The van der Waals surface area contributed by atoms with Gasteiger partial charge >= 0.3 is 0 Å². The van der Waals surface area contributed by atoms with E-state index in [2.05, 4.69) is 34.3 Å². The number of aliphatic hydroxyl groups is 1. The average Bonchev–Trinajstić information content (AvgIpc) is 2.98. The number of benzene rings is 2. The maximum absolute atomic E-state index is 13.7. The Morgan fingerprint density at radius 1 is 1.10 bits per heavy atom. The summed E-state index contributed by atoms with van der Waals surface area (Å²) in [4.78, 5) is 23.8. The van der Waals surface area contributed by atoms with Gasteiger partial charge in [0.1, 0.15) is 17.7 Å². The molecule has 9 heteroatoms. The lowest BCUT2D eigenvalue weighted by atomic mass is 9.99. The highest BCUT2D eigenvalue weighted by Crippen LogP contribution is 2.28. The van der Waals surface area contributed by atoms with E-state index in [0.717, 1.165) is 48.4 Å². The number of piperidine rings is 1. The normalized spacial score (nSPS) is 18.0. The monoisotopic (exact) mass is 542 g/mol. The molecule has 0 aliphatic carbocycles. The third kappa shape index (κ3) is 5.73. The third-order valence-electron chi connectivity index (χ3n) is 8.01. The second-order valence-electron chi connectivity index (χ2n) is 10.6. The number of hydrogen-bond acceptors (Lipinski definition) is 7. The molecule has 2 saturated heterocycles. The molecule has 0 unspecified atom stereocenters. The second-order valence-corrected chi connectivity index (χ2v) is 10.6. The standard InChI is InChI=1S/C31H35FN6O2/c1-21-15-22(2)28(35-25-9-11-36(12-10-25)29-6-4-3-5-23(29)17-33)16-27(21)31(40)37-13-14-38(26(19-37)20-39)30-8-7-24(32)18-34-30/h3-8,15-16,18,25-26,35,39H,9-14,19-20H2,1-2H3/t26-/m1/s1. The summed E-state index contributed by atoms with van der Waals surface area (Å²) in [5.74, 6) is 0.119. The summed E-state index contributed by atoms with van der Waals surface area (Å²) >= 11 is 0. The molecule has 3 heterocycles. The maximum Gasteiger partial charge on any atom is 0.254 e. The number of amides is 1. The number of carbonyl (C=O) groups excluding carboxylic acids is 1. The van der Waals surface area contributed by atoms with Crippen LogP contribution in [-0.2, 0) is 0 Å². The van der Waals surface area contributed by atoms with Crippen molar-refractivity contribution in [2.45, 2.75) is 38.8 Å². The highest BCUT2D eigenvalue weighted by Gasteiger charge is 2.31. The third-order valence-corrected chi connectivity index (χ3v) is 8.01. The van der Waals surface area contributed by atoms with Crippen molar-refractivity contribution in [1.82, 2.24) is 9.88 Å². The fourth-order valence-electron chi connectivity index (χ4n) is 5.77. The van der Waals surface area contributed by atoms with Crippen molar-refractivity contribution in [3.63, 3.8) is 0 Å². The molecule has 2 fully saturated rings. The van der Waals surface area contributed by atoms with Gasteiger partial charge in [-0.15, -0.1) is 0 Å². The molecule has 40 heavy (non-hydrogen) atoms. The SMILES string of the molecule is Cc1cc(C)c(C(=O)N2CCN(c3ccc(F)cn3)[C@@H](CO)C2)cc1NC1CCN(c2ccccc2C#N)CC1. The molecule has 208 valence electrons. The number of nitriles is 1. The second kappa shape index (κ2) is 11.9. The fraction of sp³-hybridized carbons (Fsp3) is 0.387. The first-order chi connectivity index (χ1) is 19.4. The Balaban J connectivity index is 1.25. The number of para-hydroxylation sites is 1. The molecule has 2 aliphatic heterocycles. The van der Waals surface area contributed by atoms with Gasteiger partial charge in [-0.05, 0) is 68.1 Å². The van der Waals surface area contributed by atoms with Crippen molar-refractivity contribution in [1.29, 1.82) is 5.26 Å². The summed E-state index contributed by atoms with van der Waals surface area (Å²) in [6.07, 6.45) is 3.02. The summed E-state index contributed by atoms with van der Waals surface area (Å²) in [6, 6.07) is 16.9. The predicted octanol–water partition coefficient (Wildman–Crippen LogP) is 4.11. The molecule has 0 radical (unpaired) electrons. The fourth-order valence-corrected chi connectivity index (χ4v) is 5.77. The van der Waals surface area contributed by atoms with Gasteiger partial charge in [-0.1, -0.05) is 18.2 Å².